The largest absolute Gasteiger partial charge is 0.492 e. The molecule has 0 aromatic heterocycles. The van der Waals surface area contributed by atoms with Crippen LogP contribution < -0.4 is 9.47 Å². The molecule has 0 N–H and O–H groups in total. The van der Waals surface area contributed by atoms with Gasteiger partial charge >= 0.3 is 12.1 Å². The van der Waals surface area contributed by atoms with E-state index in [-0.39, 0.29) is 12.1 Å². The Labute approximate surface area is 286 Å². The molecule has 0 spiro atoms. The number of hydrogen-bond acceptors (Lipinski definition) is 6. The Kier molecular flexibility index (Phi) is 16.2. The Morgan fingerprint density at radius 2 is 1.06 bits per heavy atom. The van der Waals surface area contributed by atoms with Gasteiger partial charge in [-0.15, -0.1) is 0 Å². The highest BCUT2D eigenvalue weighted by atomic mass is 16.5. The molecule has 3 aromatic carbocycles. The van der Waals surface area contributed by atoms with Crippen LogP contribution in [0.15, 0.2) is 60.7 Å². The maximum absolute atomic E-state index is 12.1. The van der Waals surface area contributed by atoms with Gasteiger partial charge in [-0.2, -0.15) is 9.59 Å². The SMILES string of the molecule is CCOC(=O)c1ccc(C#Cc2cc(OCCC[N+](C)(C)C)c(C#Cc3ccc(CC)cc3)cc2OCCC[N+](C)(C)C)cc1.O=C=O. The van der Waals surface area contributed by atoms with Crippen molar-refractivity contribution in [3.63, 3.8) is 0 Å². The molecule has 0 unspecified atom stereocenters. The minimum Gasteiger partial charge on any atom is -0.492 e. The summed E-state index contributed by atoms with van der Waals surface area (Å²) in [6.45, 7) is 7.39. The average Bonchev–Trinajstić information content (AvgIpc) is 3.04. The van der Waals surface area contributed by atoms with Crippen LogP contribution >= 0.6 is 0 Å². The van der Waals surface area contributed by atoms with Crippen molar-refractivity contribution in [1.82, 2.24) is 0 Å². The second-order valence-corrected chi connectivity index (χ2v) is 13.2. The number of hydrogen-bond donors (Lipinski definition) is 0. The van der Waals surface area contributed by atoms with Crippen LogP contribution in [-0.2, 0) is 20.7 Å². The lowest BCUT2D eigenvalue weighted by molar-refractivity contribution is -0.870. The van der Waals surface area contributed by atoms with Crippen LogP contribution in [-0.4, -0.2) is 96.3 Å². The summed E-state index contributed by atoms with van der Waals surface area (Å²) in [6.07, 6.45) is 3.05. The van der Waals surface area contributed by atoms with Crippen molar-refractivity contribution < 1.29 is 37.6 Å². The topological polar surface area (TPSA) is 78.9 Å². The molecule has 0 aliphatic carbocycles. The number of rotatable bonds is 13. The molecule has 0 saturated carbocycles. The maximum Gasteiger partial charge on any atom is 0.373 e. The van der Waals surface area contributed by atoms with Gasteiger partial charge in [0.1, 0.15) is 11.5 Å². The van der Waals surface area contributed by atoms with Crippen molar-refractivity contribution in [3.8, 4) is 35.2 Å². The summed E-state index contributed by atoms with van der Waals surface area (Å²) >= 11 is 0. The Bertz CT molecular complexity index is 1620. The molecule has 0 amide bonds. The minimum atomic E-state index is -0.341. The van der Waals surface area contributed by atoms with Crippen LogP contribution in [0.2, 0.25) is 0 Å². The van der Waals surface area contributed by atoms with E-state index >= 15 is 0 Å². The average molecular weight is 655 g/mol. The predicted octanol–water partition coefficient (Wildman–Crippen LogP) is 5.59. The minimum absolute atomic E-state index is 0.250. The van der Waals surface area contributed by atoms with Crippen LogP contribution in [0, 0.1) is 23.7 Å². The van der Waals surface area contributed by atoms with Crippen molar-refractivity contribution in [1.29, 1.82) is 0 Å². The van der Waals surface area contributed by atoms with E-state index in [1.165, 1.54) is 5.56 Å². The Morgan fingerprint density at radius 1 is 0.646 bits per heavy atom. The van der Waals surface area contributed by atoms with Gasteiger partial charge in [-0.3, -0.25) is 0 Å². The predicted molar refractivity (Wildman–Crippen MR) is 188 cm³/mol. The fourth-order valence-electron chi connectivity index (χ4n) is 4.44. The lowest BCUT2D eigenvalue weighted by Gasteiger charge is -2.24. The fraction of sp³-hybridized carbons (Fsp3) is 0.400. The van der Waals surface area contributed by atoms with Gasteiger partial charge < -0.3 is 23.2 Å². The Balaban J connectivity index is 0.00000257. The molecule has 254 valence electrons. The van der Waals surface area contributed by atoms with Gasteiger partial charge in [0, 0.05) is 36.1 Å². The monoisotopic (exact) mass is 654 g/mol. The summed E-state index contributed by atoms with van der Waals surface area (Å²) in [5, 5.41) is 0. The molecule has 0 fully saturated rings. The molecule has 0 heterocycles. The molecule has 48 heavy (non-hydrogen) atoms. The molecule has 0 radical (unpaired) electrons. The van der Waals surface area contributed by atoms with E-state index in [1.54, 1.807) is 19.1 Å². The van der Waals surface area contributed by atoms with Crippen molar-refractivity contribution in [2.45, 2.75) is 33.1 Å². The van der Waals surface area contributed by atoms with Gasteiger partial charge in [0.15, 0.2) is 0 Å². The van der Waals surface area contributed by atoms with Gasteiger partial charge in [-0.25, -0.2) is 4.79 Å². The Hall–Kier alpha value is -4.85. The molecule has 0 aliphatic heterocycles. The second kappa shape index (κ2) is 19.7. The third-order valence-corrected chi connectivity index (χ3v) is 6.98. The number of ether oxygens (including phenoxy) is 3. The first-order chi connectivity index (χ1) is 22.8. The first-order valence-electron chi connectivity index (χ1n) is 16.2. The second-order valence-electron chi connectivity index (χ2n) is 13.2. The highest BCUT2D eigenvalue weighted by Gasteiger charge is 2.14. The van der Waals surface area contributed by atoms with E-state index in [0.29, 0.717) is 36.9 Å². The van der Waals surface area contributed by atoms with E-state index in [2.05, 4.69) is 97.2 Å². The summed E-state index contributed by atoms with van der Waals surface area (Å²) < 4.78 is 19.5. The highest BCUT2D eigenvalue weighted by molar-refractivity contribution is 5.89. The molecule has 0 bridgehead atoms. The number of quaternary nitrogens is 2. The van der Waals surface area contributed by atoms with Crippen molar-refractivity contribution >= 4 is 12.1 Å². The van der Waals surface area contributed by atoms with Crippen LogP contribution in [0.3, 0.4) is 0 Å². The Morgan fingerprint density at radius 3 is 1.44 bits per heavy atom. The van der Waals surface area contributed by atoms with Crippen molar-refractivity contribution in [3.05, 3.63) is 94.0 Å². The molecule has 8 heteroatoms. The smallest absolute Gasteiger partial charge is 0.373 e. The summed E-state index contributed by atoms with van der Waals surface area (Å²) in [5.74, 6) is 14.2. The number of esters is 1. The van der Waals surface area contributed by atoms with Crippen LogP contribution in [0.1, 0.15) is 64.9 Å². The van der Waals surface area contributed by atoms with Crippen LogP contribution in [0.5, 0.6) is 11.5 Å². The normalized spacial score (nSPS) is 10.6. The summed E-state index contributed by atoms with van der Waals surface area (Å²) in [5.41, 5.74) is 5.01. The van der Waals surface area contributed by atoms with Crippen molar-refractivity contribution in [2.24, 2.45) is 0 Å². The number of benzene rings is 3. The lowest BCUT2D eigenvalue weighted by Crippen LogP contribution is -2.36. The molecular weight excluding hydrogens is 604 g/mol. The molecular formula is C40H50N2O6+2. The molecule has 3 aromatic rings. The third kappa shape index (κ3) is 15.2. The van der Waals surface area contributed by atoms with Crippen LogP contribution in [0.25, 0.3) is 0 Å². The quantitative estimate of drug-likeness (QED) is 0.104. The van der Waals surface area contributed by atoms with Gasteiger partial charge in [0.2, 0.25) is 0 Å². The summed E-state index contributed by atoms with van der Waals surface area (Å²) in [6, 6.07) is 19.4. The van der Waals surface area contributed by atoms with Gasteiger partial charge in [-0.1, -0.05) is 42.7 Å². The van der Waals surface area contributed by atoms with E-state index in [4.69, 9.17) is 23.8 Å². The first kappa shape index (κ1) is 39.3. The van der Waals surface area contributed by atoms with Gasteiger partial charge in [0.25, 0.3) is 0 Å². The van der Waals surface area contributed by atoms with E-state index < -0.39 is 0 Å². The number of carbonyl (C=O) groups is 1. The first-order valence-corrected chi connectivity index (χ1v) is 16.2. The molecule has 0 atom stereocenters. The van der Waals surface area contributed by atoms with Crippen molar-refractivity contribution in [2.75, 3.05) is 75.2 Å². The number of nitrogens with zero attached hydrogens (tertiary/aromatic N) is 2. The standard InChI is InChI=1S/C39H50N2O4.CO2/c1-9-31-13-15-32(16-14-31)19-23-35-29-38(45-28-12-26-41(6,7)8)36(30-37(35)44-27-11-25-40(3,4)5)24-20-33-17-21-34(22-18-33)39(42)43-10-2;2-1-3/h13-18,21-22,29-30H,9-12,25-28H2,1-8H3;/q+2;. The van der Waals surface area contributed by atoms with E-state index in [0.717, 1.165) is 63.6 Å². The molecule has 0 aliphatic rings. The van der Waals surface area contributed by atoms with Gasteiger partial charge in [0.05, 0.1) is 91.9 Å². The maximum atomic E-state index is 12.1. The molecule has 8 nitrogen and oxygen atoms in total. The molecule has 3 rings (SSSR count). The zero-order valence-electron chi connectivity index (χ0n) is 29.8. The summed E-state index contributed by atoms with van der Waals surface area (Å²) in [7, 11) is 13.1. The molecule has 0 saturated heterocycles. The lowest BCUT2D eigenvalue weighted by atomic mass is 10.1. The van der Waals surface area contributed by atoms with Crippen LogP contribution in [0.4, 0.5) is 0 Å². The summed E-state index contributed by atoms with van der Waals surface area (Å²) in [4.78, 5) is 28.3. The fourth-order valence-corrected chi connectivity index (χ4v) is 4.44. The van der Waals surface area contributed by atoms with Gasteiger partial charge in [-0.05, 0) is 55.3 Å². The number of aryl methyl sites for hydroxylation is 1. The zero-order chi connectivity index (χ0) is 35.6. The highest BCUT2D eigenvalue weighted by Crippen LogP contribution is 2.29. The van der Waals surface area contributed by atoms with E-state index in [1.807, 2.05) is 24.3 Å². The number of carbonyl (C=O) groups excluding carboxylic acids is 3. The third-order valence-electron chi connectivity index (χ3n) is 6.98. The zero-order valence-corrected chi connectivity index (χ0v) is 29.8. The van der Waals surface area contributed by atoms with E-state index in [9.17, 15) is 4.79 Å².